The molecule has 0 aliphatic carbocycles. The average Bonchev–Trinajstić information content (AvgIpc) is 2.91. The molecule has 0 amide bonds. The van der Waals surface area contributed by atoms with Crippen molar-refractivity contribution in [3.63, 3.8) is 0 Å². The fourth-order valence-corrected chi connectivity index (χ4v) is 3.69. The van der Waals surface area contributed by atoms with Crippen LogP contribution in [0.1, 0.15) is 10.5 Å². The largest absolute Gasteiger partial charge is 0.464 e. The van der Waals surface area contributed by atoms with Gasteiger partial charge in [0.2, 0.25) is 0 Å². The number of hydrogen-bond donors (Lipinski definition) is 0. The molecule has 6 heteroatoms. The number of esters is 1. The summed E-state index contributed by atoms with van der Waals surface area (Å²) in [5, 5.41) is 2.06. The van der Waals surface area contributed by atoms with Crippen molar-refractivity contribution < 1.29 is 9.53 Å². The molecule has 0 atom stereocenters. The van der Waals surface area contributed by atoms with E-state index < -0.39 is 11.5 Å². The molecule has 0 spiro atoms. The monoisotopic (exact) mass is 310 g/mol. The van der Waals surface area contributed by atoms with Crippen molar-refractivity contribution in [2.45, 2.75) is 0 Å². The summed E-state index contributed by atoms with van der Waals surface area (Å²) in [6, 6.07) is 13.1. The van der Waals surface area contributed by atoms with Gasteiger partial charge in [0.25, 0.3) is 5.56 Å². The smallest absolute Gasteiger partial charge is 0.355 e. The molecule has 5 nitrogen and oxygen atoms in total. The van der Waals surface area contributed by atoms with Crippen molar-refractivity contribution in [3.05, 3.63) is 58.5 Å². The summed E-state index contributed by atoms with van der Waals surface area (Å²) in [5.41, 5.74) is 0.613. The molecular formula is C16H10N2O3S. The number of thiazole rings is 1. The summed E-state index contributed by atoms with van der Waals surface area (Å²) in [4.78, 5) is 28.3. The molecule has 0 saturated carbocycles. The van der Waals surface area contributed by atoms with Gasteiger partial charge in [0.1, 0.15) is 5.69 Å². The van der Waals surface area contributed by atoms with E-state index >= 15 is 0 Å². The van der Waals surface area contributed by atoms with Crippen LogP contribution in [0.25, 0.3) is 25.9 Å². The molecule has 2 heterocycles. The third-order valence-electron chi connectivity index (χ3n) is 3.58. The van der Waals surface area contributed by atoms with Crippen molar-refractivity contribution in [2.24, 2.45) is 0 Å². The SMILES string of the molecule is COC(=O)c1cc(=O)nc2sc3ccc4ccccc4c3n12. The Morgan fingerprint density at radius 1 is 1.23 bits per heavy atom. The topological polar surface area (TPSA) is 60.7 Å². The Bertz CT molecular complexity index is 1110. The first-order valence-corrected chi connectivity index (χ1v) is 7.43. The minimum Gasteiger partial charge on any atom is -0.464 e. The van der Waals surface area contributed by atoms with Crippen LogP contribution < -0.4 is 5.56 Å². The number of aromatic nitrogens is 2. The maximum absolute atomic E-state index is 12.1. The molecule has 0 N–H and O–H groups in total. The summed E-state index contributed by atoms with van der Waals surface area (Å²) in [7, 11) is 1.30. The highest BCUT2D eigenvalue weighted by Gasteiger charge is 2.17. The lowest BCUT2D eigenvalue weighted by Gasteiger charge is -2.05. The molecular weight excluding hydrogens is 300 g/mol. The van der Waals surface area contributed by atoms with Gasteiger partial charge < -0.3 is 4.74 Å². The lowest BCUT2D eigenvalue weighted by atomic mass is 10.1. The van der Waals surface area contributed by atoms with Crippen molar-refractivity contribution in [3.8, 4) is 0 Å². The van der Waals surface area contributed by atoms with Gasteiger partial charge in [-0.15, -0.1) is 0 Å². The third-order valence-corrected chi connectivity index (χ3v) is 4.59. The number of hydrogen-bond acceptors (Lipinski definition) is 5. The van der Waals surface area contributed by atoms with Gasteiger partial charge in [-0.3, -0.25) is 9.20 Å². The van der Waals surface area contributed by atoms with E-state index in [0.717, 1.165) is 21.0 Å². The second-order valence-electron chi connectivity index (χ2n) is 4.82. The van der Waals surface area contributed by atoms with Gasteiger partial charge in [-0.2, -0.15) is 4.98 Å². The fourth-order valence-electron chi connectivity index (χ4n) is 2.65. The third kappa shape index (κ3) is 1.74. The Hall–Kier alpha value is -2.73. The van der Waals surface area contributed by atoms with E-state index in [1.54, 1.807) is 4.40 Å². The Balaban J connectivity index is 2.31. The highest BCUT2D eigenvalue weighted by atomic mass is 32.1. The van der Waals surface area contributed by atoms with Crippen LogP contribution in [-0.2, 0) is 4.74 Å². The molecule has 2 aromatic carbocycles. The van der Waals surface area contributed by atoms with Crippen molar-refractivity contribution in [2.75, 3.05) is 7.11 Å². The fraction of sp³-hybridized carbons (Fsp3) is 0.0625. The van der Waals surface area contributed by atoms with Gasteiger partial charge in [0.05, 0.1) is 17.3 Å². The predicted octanol–water partition coefficient (Wildman–Crippen LogP) is 2.85. The van der Waals surface area contributed by atoms with E-state index in [2.05, 4.69) is 4.98 Å². The highest BCUT2D eigenvalue weighted by molar-refractivity contribution is 7.23. The number of methoxy groups -OCH3 is 1. The maximum atomic E-state index is 12.1. The molecule has 0 fully saturated rings. The van der Waals surface area contributed by atoms with Crippen LogP contribution in [0.5, 0.6) is 0 Å². The molecule has 0 aliphatic rings. The molecule has 22 heavy (non-hydrogen) atoms. The van der Waals surface area contributed by atoms with E-state index in [4.69, 9.17) is 4.74 Å². The van der Waals surface area contributed by atoms with Crippen LogP contribution >= 0.6 is 11.3 Å². The Labute approximate surface area is 128 Å². The normalized spacial score (nSPS) is 11.3. The molecule has 0 radical (unpaired) electrons. The zero-order valence-corrected chi connectivity index (χ0v) is 12.4. The molecule has 0 unspecified atom stereocenters. The van der Waals surface area contributed by atoms with E-state index in [-0.39, 0.29) is 5.69 Å². The van der Waals surface area contributed by atoms with Gasteiger partial charge >= 0.3 is 5.97 Å². The van der Waals surface area contributed by atoms with Crippen LogP contribution in [0.2, 0.25) is 0 Å². The van der Waals surface area contributed by atoms with Crippen LogP contribution in [0.3, 0.4) is 0 Å². The molecule has 0 saturated heterocycles. The van der Waals surface area contributed by atoms with Gasteiger partial charge in [0, 0.05) is 11.5 Å². The average molecular weight is 310 g/mol. The minimum atomic E-state index is -0.554. The minimum absolute atomic E-state index is 0.195. The summed E-state index contributed by atoms with van der Waals surface area (Å²) < 4.78 is 7.47. The second-order valence-corrected chi connectivity index (χ2v) is 5.83. The Morgan fingerprint density at radius 2 is 2.05 bits per heavy atom. The number of fused-ring (bicyclic) bond motifs is 5. The summed E-state index contributed by atoms with van der Waals surface area (Å²) in [6.07, 6.45) is 0. The molecule has 4 aromatic rings. The van der Waals surface area contributed by atoms with Crippen molar-refractivity contribution in [1.82, 2.24) is 9.38 Å². The summed E-state index contributed by atoms with van der Waals surface area (Å²) in [6.45, 7) is 0. The van der Waals surface area contributed by atoms with Crippen molar-refractivity contribution in [1.29, 1.82) is 0 Å². The number of benzene rings is 2. The van der Waals surface area contributed by atoms with Crippen molar-refractivity contribution >= 4 is 43.3 Å². The first-order chi connectivity index (χ1) is 10.7. The zero-order chi connectivity index (χ0) is 15.3. The number of carbonyl (C=O) groups excluding carboxylic acids is 1. The molecule has 4 rings (SSSR count). The van der Waals surface area contributed by atoms with Gasteiger partial charge in [-0.1, -0.05) is 41.7 Å². The molecule has 0 bridgehead atoms. The number of ether oxygens (including phenoxy) is 1. The standard InChI is InChI=1S/C16H10N2O3S/c1-21-15(20)11-8-13(19)17-16-18(11)14-10-5-3-2-4-9(10)6-7-12(14)22-16/h2-8H,1H3. The van der Waals surface area contributed by atoms with Crippen LogP contribution in [0.15, 0.2) is 47.3 Å². The first-order valence-electron chi connectivity index (χ1n) is 6.61. The van der Waals surface area contributed by atoms with E-state index in [1.807, 2.05) is 36.4 Å². The lowest BCUT2D eigenvalue weighted by Crippen LogP contribution is -2.15. The molecule has 2 aromatic heterocycles. The van der Waals surface area contributed by atoms with E-state index in [1.165, 1.54) is 24.5 Å². The summed E-state index contributed by atoms with van der Waals surface area (Å²) in [5.74, 6) is -0.554. The molecule has 108 valence electrons. The predicted molar refractivity (Wildman–Crippen MR) is 85.7 cm³/mol. The van der Waals surface area contributed by atoms with Crippen LogP contribution in [0, 0.1) is 0 Å². The number of nitrogens with zero attached hydrogens (tertiary/aromatic N) is 2. The Kier molecular flexibility index (Phi) is 2.74. The Morgan fingerprint density at radius 3 is 2.86 bits per heavy atom. The van der Waals surface area contributed by atoms with Gasteiger partial charge in [0.15, 0.2) is 4.96 Å². The maximum Gasteiger partial charge on any atom is 0.355 e. The van der Waals surface area contributed by atoms with E-state index in [9.17, 15) is 9.59 Å². The zero-order valence-electron chi connectivity index (χ0n) is 11.6. The highest BCUT2D eigenvalue weighted by Crippen LogP contribution is 2.32. The van der Waals surface area contributed by atoms with Crippen LogP contribution in [0.4, 0.5) is 0 Å². The van der Waals surface area contributed by atoms with E-state index in [0.29, 0.717) is 4.96 Å². The summed E-state index contributed by atoms with van der Waals surface area (Å²) >= 11 is 1.38. The van der Waals surface area contributed by atoms with Crippen LogP contribution in [-0.4, -0.2) is 22.5 Å². The van der Waals surface area contributed by atoms with Gasteiger partial charge in [-0.25, -0.2) is 4.79 Å². The molecule has 0 aliphatic heterocycles. The number of carbonyl (C=O) groups is 1. The number of rotatable bonds is 1. The first kappa shape index (κ1) is 13.0. The quantitative estimate of drug-likeness (QED) is 0.507. The second kappa shape index (κ2) is 4.64. The lowest BCUT2D eigenvalue weighted by molar-refractivity contribution is 0.0592. The van der Waals surface area contributed by atoms with Gasteiger partial charge in [-0.05, 0) is 11.5 Å².